The second-order valence-electron chi connectivity index (χ2n) is 9.64. The molecule has 0 unspecified atom stereocenters. The molecule has 3 fully saturated rings. The lowest BCUT2D eigenvalue weighted by Gasteiger charge is -2.37. The van der Waals surface area contributed by atoms with E-state index < -0.39 is 6.04 Å². The molecular weight excluding hydrogens is 432 g/mol. The van der Waals surface area contributed by atoms with Crippen LogP contribution in [-0.2, 0) is 14.4 Å². The Labute approximate surface area is 197 Å². The average molecular weight is 459 g/mol. The average Bonchev–Trinajstić information content (AvgIpc) is 3.63. The Kier molecular flexibility index (Phi) is 4.76. The van der Waals surface area contributed by atoms with Crippen molar-refractivity contribution in [1.29, 1.82) is 0 Å². The van der Waals surface area contributed by atoms with Crippen LogP contribution in [0.25, 0.3) is 0 Å². The summed E-state index contributed by atoms with van der Waals surface area (Å²) in [6, 6.07) is 13.4. The second-order valence-corrected chi connectivity index (χ2v) is 9.64. The molecule has 7 heteroatoms. The maximum atomic E-state index is 13.2. The van der Waals surface area contributed by atoms with Crippen LogP contribution in [0.3, 0.4) is 0 Å². The maximum Gasteiger partial charge on any atom is 0.247 e. The van der Waals surface area contributed by atoms with Gasteiger partial charge in [0.05, 0.1) is 18.9 Å². The van der Waals surface area contributed by atoms with Gasteiger partial charge in [-0.25, -0.2) is 0 Å². The highest BCUT2D eigenvalue weighted by molar-refractivity contribution is 6.10. The molecule has 2 aromatic rings. The van der Waals surface area contributed by atoms with E-state index in [-0.39, 0.29) is 41.4 Å². The van der Waals surface area contributed by atoms with Crippen molar-refractivity contribution in [2.45, 2.75) is 19.4 Å². The van der Waals surface area contributed by atoms with Crippen LogP contribution in [-0.4, -0.2) is 35.8 Å². The summed E-state index contributed by atoms with van der Waals surface area (Å²) < 4.78 is 11.2. The smallest absolute Gasteiger partial charge is 0.247 e. The molecule has 174 valence electrons. The Balaban J connectivity index is 1.13. The number of carbonyl (C=O) groups is 3. The van der Waals surface area contributed by atoms with Crippen LogP contribution in [0.1, 0.15) is 13.3 Å². The number of rotatable bonds is 6. The lowest BCUT2D eigenvalue weighted by molar-refractivity contribution is -0.146. The predicted molar refractivity (Wildman–Crippen MR) is 124 cm³/mol. The molecule has 7 rings (SSSR count). The lowest BCUT2D eigenvalue weighted by Crippen LogP contribution is -2.46. The first-order valence-corrected chi connectivity index (χ1v) is 11.7. The van der Waals surface area contributed by atoms with E-state index in [1.165, 1.54) is 4.90 Å². The summed E-state index contributed by atoms with van der Waals surface area (Å²) in [7, 11) is 1.58. The normalized spacial score (nSPS) is 31.1. The number of imide groups is 1. The summed E-state index contributed by atoms with van der Waals surface area (Å²) >= 11 is 0. The van der Waals surface area contributed by atoms with Crippen LogP contribution < -0.4 is 14.8 Å². The Morgan fingerprint density at radius 2 is 1.53 bits per heavy atom. The Morgan fingerprint density at radius 1 is 0.941 bits per heavy atom. The molecular formula is C27H26N2O5. The molecule has 1 saturated heterocycles. The highest BCUT2D eigenvalue weighted by Crippen LogP contribution is 2.65. The molecule has 7 atom stereocenters. The standard InChI is InChI=1S/C27H26N2O5/c1-14(29-26(31)23-17-11-12-18(20-13-19(17)20)24(23)27(29)32)25(30)28-15-7-9-16(10-8-15)34-22-6-4-3-5-21(22)33-2/h3-12,14,17-20,23-24H,13H2,1-2H3,(H,28,30)/t14-,17+,18+,19+,20+,23-,24+/m0/s1. The first-order chi connectivity index (χ1) is 16.5. The van der Waals surface area contributed by atoms with Crippen molar-refractivity contribution >= 4 is 23.4 Å². The second kappa shape index (κ2) is 7.72. The molecule has 1 N–H and O–H groups in total. The summed E-state index contributed by atoms with van der Waals surface area (Å²) in [6.07, 6.45) is 5.38. The fraction of sp³-hybridized carbons (Fsp3) is 0.370. The SMILES string of the molecule is COc1ccccc1Oc1ccc(NC(=O)[C@H](C)N2C(=O)[C@@H]3[C@@H]4C=C[C@H]([C@H]5C[C@H]45)[C@@H]3C2=O)cc1. The number of amides is 3. The third-order valence-electron chi connectivity index (χ3n) is 7.88. The van der Waals surface area contributed by atoms with Crippen LogP contribution in [0.15, 0.2) is 60.7 Å². The van der Waals surface area contributed by atoms with Gasteiger partial charge in [-0.1, -0.05) is 24.3 Å². The van der Waals surface area contributed by atoms with Crippen molar-refractivity contribution in [2.75, 3.05) is 12.4 Å². The number of para-hydroxylation sites is 2. The largest absolute Gasteiger partial charge is 0.493 e. The third kappa shape index (κ3) is 3.14. The lowest BCUT2D eigenvalue weighted by atomic mass is 9.63. The van der Waals surface area contributed by atoms with Gasteiger partial charge in [0.15, 0.2) is 11.5 Å². The summed E-state index contributed by atoms with van der Waals surface area (Å²) in [5.74, 6) is 1.79. The topological polar surface area (TPSA) is 84.9 Å². The molecule has 5 aliphatic rings. The van der Waals surface area contributed by atoms with Gasteiger partial charge in [-0.3, -0.25) is 19.3 Å². The number of hydrogen-bond acceptors (Lipinski definition) is 5. The summed E-state index contributed by atoms with van der Waals surface area (Å²) in [4.78, 5) is 40.7. The first kappa shape index (κ1) is 21.0. The zero-order valence-corrected chi connectivity index (χ0v) is 19.0. The van der Waals surface area contributed by atoms with Crippen molar-refractivity contribution in [2.24, 2.45) is 35.5 Å². The number of nitrogens with one attached hydrogen (secondary N) is 1. The van der Waals surface area contributed by atoms with Crippen LogP contribution in [0, 0.1) is 35.5 Å². The molecule has 0 radical (unpaired) electrons. The Hall–Kier alpha value is -3.61. The zero-order valence-electron chi connectivity index (χ0n) is 19.0. The monoisotopic (exact) mass is 458 g/mol. The number of ether oxygens (including phenoxy) is 2. The van der Waals surface area contributed by atoms with Crippen molar-refractivity contribution in [3.63, 3.8) is 0 Å². The van der Waals surface area contributed by atoms with Gasteiger partial charge in [0.1, 0.15) is 11.8 Å². The summed E-state index contributed by atoms with van der Waals surface area (Å²) in [5, 5.41) is 2.83. The Bertz CT molecular complexity index is 1170. The van der Waals surface area contributed by atoms with E-state index in [9.17, 15) is 14.4 Å². The van der Waals surface area contributed by atoms with E-state index in [1.807, 2.05) is 24.3 Å². The van der Waals surface area contributed by atoms with Gasteiger partial charge in [0.25, 0.3) is 0 Å². The number of hydrogen-bond donors (Lipinski definition) is 1. The minimum Gasteiger partial charge on any atom is -0.493 e. The van der Waals surface area contributed by atoms with Crippen LogP contribution in [0.2, 0.25) is 0 Å². The van der Waals surface area contributed by atoms with Gasteiger partial charge in [0, 0.05) is 5.69 Å². The third-order valence-corrected chi connectivity index (χ3v) is 7.88. The van der Waals surface area contributed by atoms with Gasteiger partial charge in [-0.2, -0.15) is 0 Å². The molecule has 2 aromatic carbocycles. The van der Waals surface area contributed by atoms with E-state index >= 15 is 0 Å². The molecule has 2 bridgehead atoms. The highest BCUT2D eigenvalue weighted by Gasteiger charge is 2.67. The minimum absolute atomic E-state index is 0.146. The summed E-state index contributed by atoms with van der Waals surface area (Å²) in [5.41, 5.74) is 0.559. The van der Waals surface area contributed by atoms with Gasteiger partial charge < -0.3 is 14.8 Å². The number of carbonyl (C=O) groups excluding carboxylic acids is 3. The number of anilines is 1. The minimum atomic E-state index is -0.870. The molecule has 2 saturated carbocycles. The van der Waals surface area contributed by atoms with Crippen LogP contribution in [0.4, 0.5) is 5.69 Å². The number of allylic oxidation sites excluding steroid dienone is 2. The number of benzene rings is 2. The number of likely N-dealkylation sites (tertiary alicyclic amines) is 1. The van der Waals surface area contributed by atoms with Gasteiger partial charge >= 0.3 is 0 Å². The van der Waals surface area contributed by atoms with E-state index in [1.54, 1.807) is 38.3 Å². The zero-order chi connectivity index (χ0) is 23.6. The van der Waals surface area contributed by atoms with E-state index in [0.717, 1.165) is 6.42 Å². The van der Waals surface area contributed by atoms with Crippen molar-refractivity contribution in [3.05, 3.63) is 60.7 Å². The molecule has 1 heterocycles. The number of methoxy groups -OCH3 is 1. The molecule has 34 heavy (non-hydrogen) atoms. The predicted octanol–water partition coefficient (Wildman–Crippen LogP) is 3.87. The van der Waals surface area contributed by atoms with Gasteiger partial charge in [-0.05, 0) is 73.4 Å². The molecule has 1 aliphatic heterocycles. The quantitative estimate of drug-likeness (QED) is 0.525. The molecule has 4 aliphatic carbocycles. The fourth-order valence-corrected chi connectivity index (χ4v) is 6.16. The van der Waals surface area contributed by atoms with Gasteiger partial charge in [-0.15, -0.1) is 0 Å². The summed E-state index contributed by atoms with van der Waals surface area (Å²) in [6.45, 7) is 1.62. The molecule has 3 amide bonds. The van der Waals surface area contributed by atoms with Crippen LogP contribution >= 0.6 is 0 Å². The van der Waals surface area contributed by atoms with Gasteiger partial charge in [0.2, 0.25) is 17.7 Å². The molecule has 7 nitrogen and oxygen atoms in total. The first-order valence-electron chi connectivity index (χ1n) is 11.7. The van der Waals surface area contributed by atoms with E-state index in [4.69, 9.17) is 9.47 Å². The van der Waals surface area contributed by atoms with Crippen molar-refractivity contribution < 1.29 is 23.9 Å². The highest BCUT2D eigenvalue weighted by atomic mass is 16.5. The van der Waals surface area contributed by atoms with Crippen LogP contribution in [0.5, 0.6) is 17.2 Å². The van der Waals surface area contributed by atoms with Crippen molar-refractivity contribution in [1.82, 2.24) is 4.90 Å². The van der Waals surface area contributed by atoms with E-state index in [2.05, 4.69) is 17.5 Å². The Morgan fingerprint density at radius 3 is 2.12 bits per heavy atom. The molecule has 0 aromatic heterocycles. The number of nitrogens with zero attached hydrogens (tertiary/aromatic N) is 1. The molecule has 0 spiro atoms. The van der Waals surface area contributed by atoms with Crippen molar-refractivity contribution in [3.8, 4) is 17.2 Å². The fourth-order valence-electron chi connectivity index (χ4n) is 6.16. The van der Waals surface area contributed by atoms with E-state index in [0.29, 0.717) is 34.8 Å². The maximum absolute atomic E-state index is 13.2.